The average molecular weight is 347 g/mol. The molecule has 2 fully saturated rings. The second-order valence-corrected chi connectivity index (χ2v) is 7.37. The van der Waals surface area contributed by atoms with Gasteiger partial charge in [-0.05, 0) is 46.5 Å². The molecule has 1 aromatic rings. The summed E-state index contributed by atoms with van der Waals surface area (Å²) in [4.78, 5) is 17.7. The molecule has 9 heteroatoms. The summed E-state index contributed by atoms with van der Waals surface area (Å²) in [5, 5.41) is 3.54. The number of alkyl halides is 3. The topological polar surface area (TPSA) is 68.5 Å². The van der Waals surface area contributed by atoms with Gasteiger partial charge < -0.3 is 9.26 Å². The third-order valence-electron chi connectivity index (χ3n) is 4.33. The first-order valence-electron chi connectivity index (χ1n) is 7.94. The Morgan fingerprint density at radius 1 is 1.33 bits per heavy atom. The Morgan fingerprint density at radius 3 is 2.54 bits per heavy atom. The number of carbonyl (C=O) groups excluding carboxylic acids is 1. The first-order chi connectivity index (χ1) is 11.0. The third-order valence-corrected chi connectivity index (χ3v) is 4.33. The highest BCUT2D eigenvalue weighted by Gasteiger charge is 2.67. The molecule has 0 N–H and O–H groups in total. The minimum absolute atomic E-state index is 0.0318. The second-order valence-electron chi connectivity index (χ2n) is 7.37. The molecule has 1 aromatic heterocycles. The van der Waals surface area contributed by atoms with E-state index in [9.17, 15) is 18.0 Å². The van der Waals surface area contributed by atoms with Crippen LogP contribution in [0.5, 0.6) is 0 Å². The molecule has 24 heavy (non-hydrogen) atoms. The van der Waals surface area contributed by atoms with Crippen LogP contribution in [0.15, 0.2) is 4.52 Å². The first-order valence-corrected chi connectivity index (χ1v) is 7.94. The van der Waals surface area contributed by atoms with Crippen molar-refractivity contribution in [1.29, 1.82) is 0 Å². The van der Waals surface area contributed by atoms with Crippen LogP contribution in [0.4, 0.5) is 18.0 Å². The number of ether oxygens (including phenoxy) is 1. The highest BCUT2D eigenvalue weighted by atomic mass is 19.4. The molecular formula is C15H20F3N3O3. The smallest absolute Gasteiger partial charge is 0.410 e. The molecule has 0 spiro atoms. The number of hydrogen-bond acceptors (Lipinski definition) is 5. The van der Waals surface area contributed by atoms with E-state index in [4.69, 9.17) is 9.26 Å². The van der Waals surface area contributed by atoms with Gasteiger partial charge in [0.05, 0.1) is 0 Å². The minimum atomic E-state index is -4.39. The fourth-order valence-corrected chi connectivity index (χ4v) is 2.89. The number of nitrogens with zero attached hydrogens (tertiary/aromatic N) is 3. The molecular weight excluding hydrogens is 327 g/mol. The summed E-state index contributed by atoms with van der Waals surface area (Å²) < 4.78 is 49.9. The van der Waals surface area contributed by atoms with Crippen LogP contribution in [0.25, 0.3) is 0 Å². The third kappa shape index (κ3) is 2.95. The SMILES string of the molecule is CC(C)(C)OC(=O)N1CCC[C@H]1c1nc(C2(C(F)(F)F)CC2)no1. The van der Waals surface area contributed by atoms with Gasteiger partial charge in [0.2, 0.25) is 5.89 Å². The normalized spacial score (nSPS) is 23.4. The van der Waals surface area contributed by atoms with Gasteiger partial charge in [-0.25, -0.2) is 4.79 Å². The van der Waals surface area contributed by atoms with Gasteiger partial charge in [-0.15, -0.1) is 0 Å². The van der Waals surface area contributed by atoms with E-state index >= 15 is 0 Å². The summed E-state index contributed by atoms with van der Waals surface area (Å²) in [6, 6.07) is -0.537. The first kappa shape index (κ1) is 17.0. The van der Waals surface area contributed by atoms with E-state index in [1.54, 1.807) is 20.8 Å². The zero-order valence-electron chi connectivity index (χ0n) is 13.8. The van der Waals surface area contributed by atoms with Gasteiger partial charge in [0.25, 0.3) is 0 Å². The van der Waals surface area contributed by atoms with E-state index in [0.717, 1.165) is 0 Å². The monoisotopic (exact) mass is 347 g/mol. The van der Waals surface area contributed by atoms with E-state index in [0.29, 0.717) is 19.4 Å². The fourth-order valence-electron chi connectivity index (χ4n) is 2.89. The minimum Gasteiger partial charge on any atom is -0.444 e. The Labute approximate surface area is 137 Å². The molecule has 3 rings (SSSR count). The van der Waals surface area contributed by atoms with Gasteiger partial charge in [-0.3, -0.25) is 4.90 Å². The Balaban J connectivity index is 1.79. The lowest BCUT2D eigenvalue weighted by atomic mass is 10.1. The summed E-state index contributed by atoms with van der Waals surface area (Å²) >= 11 is 0. The van der Waals surface area contributed by atoms with E-state index in [-0.39, 0.29) is 24.6 Å². The number of rotatable bonds is 2. The van der Waals surface area contributed by atoms with Crippen molar-refractivity contribution in [3.05, 3.63) is 11.7 Å². The summed E-state index contributed by atoms with van der Waals surface area (Å²) in [6.07, 6.45) is -3.73. The number of halogens is 3. The van der Waals surface area contributed by atoms with Crippen LogP contribution in [0.2, 0.25) is 0 Å². The Morgan fingerprint density at radius 2 is 2.00 bits per heavy atom. The van der Waals surface area contributed by atoms with Crippen molar-refractivity contribution in [2.24, 2.45) is 0 Å². The molecule has 0 aromatic carbocycles. The van der Waals surface area contributed by atoms with E-state index in [2.05, 4.69) is 10.1 Å². The van der Waals surface area contributed by atoms with Crippen LogP contribution in [-0.4, -0.2) is 39.5 Å². The fraction of sp³-hybridized carbons (Fsp3) is 0.800. The van der Waals surface area contributed by atoms with Crippen LogP contribution in [0.1, 0.15) is 64.2 Å². The zero-order chi connectivity index (χ0) is 17.8. The predicted octanol–water partition coefficient (Wildman–Crippen LogP) is 3.74. The van der Waals surface area contributed by atoms with E-state index in [1.807, 2.05) is 0 Å². The van der Waals surface area contributed by atoms with E-state index < -0.39 is 29.3 Å². The summed E-state index contributed by atoms with van der Waals surface area (Å²) in [7, 11) is 0. The maximum Gasteiger partial charge on any atom is 0.410 e. The lowest BCUT2D eigenvalue weighted by molar-refractivity contribution is -0.162. The molecule has 2 heterocycles. The number of hydrogen-bond donors (Lipinski definition) is 0. The van der Waals surface area contributed by atoms with Gasteiger partial charge >= 0.3 is 12.3 Å². The molecule has 1 aliphatic heterocycles. The average Bonchev–Trinajstić information content (AvgIpc) is 2.92. The standard InChI is InChI=1S/C15H20F3N3O3/c1-13(2,3)23-12(22)21-8-4-5-9(21)10-19-11(20-24-10)14(6-7-14)15(16,17)18/h9H,4-8H2,1-3H3/t9-/m0/s1. The van der Waals surface area contributed by atoms with Crippen molar-refractivity contribution >= 4 is 6.09 Å². The number of carbonyl (C=O) groups is 1. The Bertz CT molecular complexity index is 632. The van der Waals surface area contributed by atoms with E-state index in [1.165, 1.54) is 4.90 Å². The molecule has 134 valence electrons. The summed E-state index contributed by atoms with van der Waals surface area (Å²) in [5.41, 5.74) is -2.64. The summed E-state index contributed by atoms with van der Waals surface area (Å²) in [6.45, 7) is 5.70. The highest BCUT2D eigenvalue weighted by molar-refractivity contribution is 5.69. The largest absolute Gasteiger partial charge is 0.444 e. The van der Waals surface area contributed by atoms with Crippen molar-refractivity contribution in [2.45, 2.75) is 69.7 Å². The molecule has 1 atom stereocenters. The summed E-state index contributed by atoms with van der Waals surface area (Å²) in [5.74, 6) is -0.287. The maximum absolute atomic E-state index is 13.2. The molecule has 1 amide bonds. The molecule has 0 radical (unpaired) electrons. The van der Waals surface area contributed by atoms with Crippen molar-refractivity contribution in [3.8, 4) is 0 Å². The van der Waals surface area contributed by atoms with Gasteiger partial charge in [0.1, 0.15) is 17.1 Å². The molecule has 0 bridgehead atoms. The van der Waals surface area contributed by atoms with Gasteiger partial charge in [0.15, 0.2) is 5.82 Å². The van der Waals surface area contributed by atoms with Crippen LogP contribution in [0, 0.1) is 0 Å². The predicted molar refractivity (Wildman–Crippen MR) is 76.2 cm³/mol. The van der Waals surface area contributed by atoms with Crippen LogP contribution in [0.3, 0.4) is 0 Å². The van der Waals surface area contributed by atoms with Gasteiger partial charge in [-0.1, -0.05) is 5.16 Å². The van der Waals surface area contributed by atoms with Crippen molar-refractivity contribution in [3.63, 3.8) is 0 Å². The Hall–Kier alpha value is -1.80. The van der Waals surface area contributed by atoms with Gasteiger partial charge in [0, 0.05) is 6.54 Å². The van der Waals surface area contributed by atoms with Gasteiger partial charge in [-0.2, -0.15) is 18.2 Å². The quantitative estimate of drug-likeness (QED) is 0.815. The molecule has 2 aliphatic rings. The Kier molecular flexibility index (Phi) is 3.80. The molecule has 0 unspecified atom stereocenters. The van der Waals surface area contributed by atoms with Crippen LogP contribution >= 0.6 is 0 Å². The van der Waals surface area contributed by atoms with Crippen LogP contribution < -0.4 is 0 Å². The molecule has 1 saturated heterocycles. The van der Waals surface area contributed by atoms with Crippen molar-refractivity contribution in [1.82, 2.24) is 15.0 Å². The second kappa shape index (κ2) is 5.35. The lowest BCUT2D eigenvalue weighted by Gasteiger charge is -2.27. The van der Waals surface area contributed by atoms with Crippen molar-refractivity contribution in [2.75, 3.05) is 6.54 Å². The number of likely N-dealkylation sites (tertiary alicyclic amines) is 1. The van der Waals surface area contributed by atoms with Crippen LogP contribution in [-0.2, 0) is 10.2 Å². The zero-order valence-corrected chi connectivity index (χ0v) is 13.8. The number of aromatic nitrogens is 2. The maximum atomic E-state index is 13.2. The number of amides is 1. The highest BCUT2D eigenvalue weighted by Crippen LogP contribution is 2.58. The molecule has 1 saturated carbocycles. The van der Waals surface area contributed by atoms with Crippen molar-refractivity contribution < 1.29 is 27.2 Å². The lowest BCUT2D eigenvalue weighted by Crippen LogP contribution is -2.36. The molecule has 6 nitrogen and oxygen atoms in total. The molecule has 1 aliphatic carbocycles.